The molecule has 0 spiro atoms. The Bertz CT molecular complexity index is 270. The van der Waals surface area contributed by atoms with Crippen molar-refractivity contribution in [1.29, 1.82) is 0 Å². The lowest BCUT2D eigenvalue weighted by Crippen LogP contribution is -2.47. The highest BCUT2D eigenvalue weighted by Crippen LogP contribution is 2.14. The number of rotatable bonds is 5. The number of carbonyl (C=O) groups excluding carboxylic acids is 1. The lowest BCUT2D eigenvalue weighted by atomic mass is 10.2. The summed E-state index contributed by atoms with van der Waals surface area (Å²) in [6.07, 6.45) is 0.506. The molecule has 0 aliphatic carbocycles. The van der Waals surface area contributed by atoms with Crippen molar-refractivity contribution in [3.63, 3.8) is 0 Å². The molecule has 0 heterocycles. The molecule has 1 amide bonds. The van der Waals surface area contributed by atoms with Crippen molar-refractivity contribution in [2.45, 2.75) is 59.1 Å². The second kappa shape index (κ2) is 6.47. The molecule has 0 aromatic heterocycles. The van der Waals surface area contributed by atoms with Crippen molar-refractivity contribution in [3.8, 4) is 0 Å². The van der Waals surface area contributed by atoms with Crippen molar-refractivity contribution < 1.29 is 19.4 Å². The van der Waals surface area contributed by atoms with Crippen LogP contribution in [0, 0.1) is 0 Å². The number of amides is 1. The molecule has 5 nitrogen and oxygen atoms in total. The zero-order chi connectivity index (χ0) is 13.6. The van der Waals surface area contributed by atoms with Gasteiger partial charge in [0.25, 0.3) is 0 Å². The van der Waals surface area contributed by atoms with Crippen molar-refractivity contribution in [3.05, 3.63) is 0 Å². The molecule has 0 aliphatic heterocycles. The van der Waals surface area contributed by atoms with Gasteiger partial charge in [-0.1, -0.05) is 13.8 Å². The minimum atomic E-state index is -0.994. The topological polar surface area (TPSA) is 66.8 Å². The Hall–Kier alpha value is -1.26. The van der Waals surface area contributed by atoms with Gasteiger partial charge in [-0.25, -0.2) is 9.59 Å². The molecule has 5 heteroatoms. The Morgan fingerprint density at radius 2 is 1.82 bits per heavy atom. The molecule has 100 valence electrons. The molecule has 0 rings (SSSR count). The molecule has 0 aliphatic rings. The third-order valence-electron chi connectivity index (χ3n) is 2.14. The van der Waals surface area contributed by atoms with Gasteiger partial charge in [-0.15, -0.1) is 0 Å². The second-order valence-electron chi connectivity index (χ2n) is 4.94. The fraction of sp³-hybridized carbons (Fsp3) is 0.833. The van der Waals surface area contributed by atoms with Crippen LogP contribution in [-0.4, -0.2) is 40.3 Å². The Balaban J connectivity index is 4.82. The SMILES string of the molecule is CCCN(C(=O)OC(C)(C)C)C(CC)C(=O)O. The van der Waals surface area contributed by atoms with Crippen LogP contribution in [-0.2, 0) is 9.53 Å². The molecule has 1 unspecified atom stereocenters. The van der Waals surface area contributed by atoms with Crippen LogP contribution in [0.4, 0.5) is 4.79 Å². The van der Waals surface area contributed by atoms with E-state index in [4.69, 9.17) is 9.84 Å². The summed E-state index contributed by atoms with van der Waals surface area (Å²) in [6, 6.07) is -0.815. The van der Waals surface area contributed by atoms with Crippen molar-refractivity contribution in [2.24, 2.45) is 0 Å². The Labute approximate surface area is 103 Å². The highest BCUT2D eigenvalue weighted by Gasteiger charge is 2.30. The van der Waals surface area contributed by atoms with Crippen LogP contribution in [0.1, 0.15) is 47.5 Å². The lowest BCUT2D eigenvalue weighted by Gasteiger charge is -2.30. The molecule has 0 radical (unpaired) electrons. The summed E-state index contributed by atoms with van der Waals surface area (Å²) in [5.74, 6) is -0.994. The monoisotopic (exact) mass is 245 g/mol. The van der Waals surface area contributed by atoms with Gasteiger partial charge < -0.3 is 9.84 Å². The molecule has 0 aromatic rings. The van der Waals surface area contributed by atoms with Gasteiger partial charge in [0.2, 0.25) is 0 Å². The zero-order valence-corrected chi connectivity index (χ0v) is 11.3. The Morgan fingerprint density at radius 1 is 1.29 bits per heavy atom. The van der Waals surface area contributed by atoms with Gasteiger partial charge in [-0.3, -0.25) is 4.90 Å². The van der Waals surface area contributed by atoms with Gasteiger partial charge >= 0.3 is 12.1 Å². The van der Waals surface area contributed by atoms with E-state index < -0.39 is 23.7 Å². The third kappa shape index (κ3) is 5.56. The summed E-state index contributed by atoms with van der Waals surface area (Å²) < 4.78 is 5.21. The van der Waals surface area contributed by atoms with Gasteiger partial charge in [0.1, 0.15) is 11.6 Å². The fourth-order valence-electron chi connectivity index (χ4n) is 1.46. The quantitative estimate of drug-likeness (QED) is 0.808. The van der Waals surface area contributed by atoms with Crippen molar-refractivity contribution >= 4 is 12.1 Å². The maximum atomic E-state index is 11.9. The van der Waals surface area contributed by atoms with E-state index in [0.717, 1.165) is 0 Å². The summed E-state index contributed by atoms with van der Waals surface area (Å²) in [7, 11) is 0. The highest BCUT2D eigenvalue weighted by atomic mass is 16.6. The fourth-order valence-corrected chi connectivity index (χ4v) is 1.46. The van der Waals surface area contributed by atoms with Crippen molar-refractivity contribution in [1.82, 2.24) is 4.90 Å². The average Bonchev–Trinajstić information content (AvgIpc) is 2.14. The zero-order valence-electron chi connectivity index (χ0n) is 11.3. The molecular formula is C12H23NO4. The molecule has 0 fully saturated rings. The highest BCUT2D eigenvalue weighted by molar-refractivity contribution is 5.80. The number of aliphatic carboxylic acids is 1. The number of nitrogens with zero attached hydrogens (tertiary/aromatic N) is 1. The van der Waals surface area contributed by atoms with E-state index >= 15 is 0 Å². The van der Waals surface area contributed by atoms with E-state index in [1.165, 1.54) is 4.90 Å². The predicted octanol–water partition coefficient (Wildman–Crippen LogP) is 2.50. The predicted molar refractivity (Wildman–Crippen MR) is 64.9 cm³/mol. The first-order valence-corrected chi connectivity index (χ1v) is 5.95. The molecule has 0 saturated carbocycles. The number of hydrogen-bond donors (Lipinski definition) is 1. The van der Waals surface area contributed by atoms with E-state index in [2.05, 4.69) is 0 Å². The van der Waals surface area contributed by atoms with Crippen LogP contribution < -0.4 is 0 Å². The molecule has 0 aromatic carbocycles. The number of hydrogen-bond acceptors (Lipinski definition) is 3. The van der Waals surface area contributed by atoms with E-state index in [-0.39, 0.29) is 0 Å². The average molecular weight is 245 g/mol. The first-order chi connectivity index (χ1) is 7.72. The van der Waals surface area contributed by atoms with Gasteiger partial charge in [0.05, 0.1) is 0 Å². The third-order valence-corrected chi connectivity index (χ3v) is 2.14. The van der Waals surface area contributed by atoms with Crippen molar-refractivity contribution in [2.75, 3.05) is 6.54 Å². The number of carboxylic acids is 1. The van der Waals surface area contributed by atoms with E-state index in [0.29, 0.717) is 19.4 Å². The minimum Gasteiger partial charge on any atom is -0.480 e. The van der Waals surface area contributed by atoms with Crippen LogP contribution >= 0.6 is 0 Å². The number of ether oxygens (including phenoxy) is 1. The normalized spacial score (nSPS) is 13.0. The summed E-state index contributed by atoms with van der Waals surface area (Å²) in [6.45, 7) is 9.31. The summed E-state index contributed by atoms with van der Waals surface area (Å²) >= 11 is 0. The maximum absolute atomic E-state index is 11.9. The Kier molecular flexibility index (Phi) is 5.99. The number of carbonyl (C=O) groups is 2. The van der Waals surface area contributed by atoms with Gasteiger partial charge in [-0.2, -0.15) is 0 Å². The standard InChI is InChI=1S/C12H23NO4/c1-6-8-13(9(7-2)10(14)15)11(16)17-12(3,4)5/h9H,6-8H2,1-5H3,(H,14,15). The maximum Gasteiger partial charge on any atom is 0.411 e. The molecule has 1 atom stereocenters. The van der Waals surface area contributed by atoms with Gasteiger partial charge in [0.15, 0.2) is 0 Å². The summed E-state index contributed by atoms with van der Waals surface area (Å²) in [4.78, 5) is 24.2. The first kappa shape index (κ1) is 15.7. The van der Waals surface area contributed by atoms with Crippen LogP contribution in [0.25, 0.3) is 0 Å². The van der Waals surface area contributed by atoms with Crippen LogP contribution in [0.15, 0.2) is 0 Å². The first-order valence-electron chi connectivity index (χ1n) is 5.95. The van der Waals surface area contributed by atoms with E-state index in [9.17, 15) is 9.59 Å². The van der Waals surface area contributed by atoms with Crippen LogP contribution in [0.3, 0.4) is 0 Å². The molecular weight excluding hydrogens is 222 g/mol. The van der Waals surface area contributed by atoms with Gasteiger partial charge in [0, 0.05) is 6.54 Å². The second-order valence-corrected chi connectivity index (χ2v) is 4.94. The van der Waals surface area contributed by atoms with E-state index in [1.54, 1.807) is 27.7 Å². The van der Waals surface area contributed by atoms with Crippen LogP contribution in [0.2, 0.25) is 0 Å². The lowest BCUT2D eigenvalue weighted by molar-refractivity contribution is -0.143. The molecule has 0 bridgehead atoms. The minimum absolute atomic E-state index is 0.370. The smallest absolute Gasteiger partial charge is 0.411 e. The molecule has 0 saturated heterocycles. The summed E-state index contributed by atoms with van der Waals surface area (Å²) in [5.41, 5.74) is -0.611. The van der Waals surface area contributed by atoms with E-state index in [1.807, 2.05) is 6.92 Å². The Morgan fingerprint density at radius 3 is 2.12 bits per heavy atom. The van der Waals surface area contributed by atoms with Crippen LogP contribution in [0.5, 0.6) is 0 Å². The molecule has 1 N–H and O–H groups in total. The largest absolute Gasteiger partial charge is 0.480 e. The molecule has 17 heavy (non-hydrogen) atoms. The van der Waals surface area contributed by atoms with Gasteiger partial charge in [-0.05, 0) is 33.6 Å². The number of carboxylic acid groups (broad SMARTS) is 1. The summed E-state index contributed by atoms with van der Waals surface area (Å²) in [5, 5.41) is 9.07.